The summed E-state index contributed by atoms with van der Waals surface area (Å²) < 4.78 is 0. The van der Waals surface area contributed by atoms with E-state index in [4.69, 9.17) is 5.73 Å². The predicted octanol–water partition coefficient (Wildman–Crippen LogP) is 2.42. The lowest BCUT2D eigenvalue weighted by Gasteiger charge is -2.21. The Labute approximate surface area is 94.9 Å². The Balaban J connectivity index is 2.20. The summed E-state index contributed by atoms with van der Waals surface area (Å²) in [6.45, 7) is 0. The molecular formula is C13H15N3. The molecule has 1 saturated carbocycles. The summed E-state index contributed by atoms with van der Waals surface area (Å²) in [6, 6.07) is 6.76. The molecule has 0 unspecified atom stereocenters. The van der Waals surface area contributed by atoms with Crippen LogP contribution in [0.2, 0.25) is 0 Å². The van der Waals surface area contributed by atoms with Crippen LogP contribution in [0.4, 0.5) is 11.4 Å². The first-order chi connectivity index (χ1) is 7.77. The molecule has 1 fully saturated rings. The van der Waals surface area contributed by atoms with Crippen molar-refractivity contribution in [3.63, 3.8) is 0 Å². The Hall–Kier alpha value is -1.77. The first kappa shape index (κ1) is 9.46. The predicted molar refractivity (Wildman–Crippen MR) is 67.6 cm³/mol. The van der Waals surface area contributed by atoms with Crippen molar-refractivity contribution in [2.24, 2.45) is 0 Å². The zero-order valence-electron chi connectivity index (χ0n) is 9.35. The van der Waals surface area contributed by atoms with E-state index in [0.29, 0.717) is 6.04 Å². The van der Waals surface area contributed by atoms with Gasteiger partial charge in [-0.25, -0.2) is 0 Å². The van der Waals surface area contributed by atoms with Gasteiger partial charge in [-0.3, -0.25) is 4.98 Å². The maximum Gasteiger partial charge on any atom is 0.0462 e. The van der Waals surface area contributed by atoms with Crippen LogP contribution in [-0.4, -0.2) is 18.1 Å². The van der Waals surface area contributed by atoms with Crippen LogP contribution in [0.25, 0.3) is 10.8 Å². The maximum atomic E-state index is 5.97. The van der Waals surface area contributed by atoms with Gasteiger partial charge in [0, 0.05) is 47.6 Å². The van der Waals surface area contributed by atoms with Gasteiger partial charge in [-0.15, -0.1) is 0 Å². The van der Waals surface area contributed by atoms with Gasteiger partial charge in [-0.05, 0) is 31.0 Å². The van der Waals surface area contributed by atoms with Crippen LogP contribution in [0.3, 0.4) is 0 Å². The largest absolute Gasteiger partial charge is 0.398 e. The Kier molecular flexibility index (Phi) is 1.99. The highest BCUT2D eigenvalue weighted by molar-refractivity contribution is 6.00. The smallest absolute Gasteiger partial charge is 0.0462 e. The number of nitrogen functional groups attached to an aromatic ring is 1. The van der Waals surface area contributed by atoms with Crippen molar-refractivity contribution >= 4 is 22.1 Å². The van der Waals surface area contributed by atoms with Gasteiger partial charge in [-0.2, -0.15) is 0 Å². The van der Waals surface area contributed by atoms with Crippen LogP contribution in [0.1, 0.15) is 12.8 Å². The maximum absolute atomic E-state index is 5.97. The van der Waals surface area contributed by atoms with Crippen LogP contribution < -0.4 is 10.6 Å². The molecule has 1 heterocycles. The Morgan fingerprint density at radius 2 is 2.06 bits per heavy atom. The van der Waals surface area contributed by atoms with E-state index in [0.717, 1.165) is 16.5 Å². The summed E-state index contributed by atoms with van der Waals surface area (Å²) >= 11 is 0. The van der Waals surface area contributed by atoms with E-state index in [1.807, 2.05) is 18.3 Å². The molecule has 3 nitrogen and oxygen atoms in total. The molecule has 2 N–H and O–H groups in total. The van der Waals surface area contributed by atoms with Crippen molar-refractivity contribution in [2.45, 2.75) is 18.9 Å². The van der Waals surface area contributed by atoms with Gasteiger partial charge in [0.1, 0.15) is 0 Å². The molecule has 0 amide bonds. The molecule has 3 heteroatoms. The molecule has 2 aromatic rings. The molecule has 1 aliphatic carbocycles. The van der Waals surface area contributed by atoms with E-state index in [-0.39, 0.29) is 0 Å². The highest BCUT2D eigenvalue weighted by Crippen LogP contribution is 2.35. The van der Waals surface area contributed by atoms with Gasteiger partial charge in [0.05, 0.1) is 0 Å². The first-order valence-electron chi connectivity index (χ1n) is 5.62. The highest BCUT2D eigenvalue weighted by atomic mass is 15.2. The SMILES string of the molecule is CN(c1ccc(N)c2ccncc12)C1CC1. The monoisotopic (exact) mass is 213 g/mol. The number of benzene rings is 1. The minimum Gasteiger partial charge on any atom is -0.398 e. The van der Waals surface area contributed by atoms with Crippen LogP contribution in [0, 0.1) is 0 Å². The van der Waals surface area contributed by atoms with E-state index in [1.165, 1.54) is 18.5 Å². The normalized spacial score (nSPS) is 15.3. The van der Waals surface area contributed by atoms with E-state index >= 15 is 0 Å². The van der Waals surface area contributed by atoms with Crippen molar-refractivity contribution in [1.29, 1.82) is 0 Å². The number of fused-ring (bicyclic) bond motifs is 1. The molecule has 0 saturated heterocycles. The molecule has 0 radical (unpaired) electrons. The molecule has 16 heavy (non-hydrogen) atoms. The average Bonchev–Trinajstić information content (AvgIpc) is 3.13. The van der Waals surface area contributed by atoms with Crippen LogP contribution in [-0.2, 0) is 0 Å². The fraction of sp³-hybridized carbons (Fsp3) is 0.308. The van der Waals surface area contributed by atoms with Crippen LogP contribution in [0.5, 0.6) is 0 Å². The van der Waals surface area contributed by atoms with Gasteiger partial charge >= 0.3 is 0 Å². The molecule has 0 spiro atoms. The number of aromatic nitrogens is 1. The average molecular weight is 213 g/mol. The summed E-state index contributed by atoms with van der Waals surface area (Å²) in [5.74, 6) is 0. The molecule has 3 rings (SSSR count). The van der Waals surface area contributed by atoms with Gasteiger partial charge in [-0.1, -0.05) is 0 Å². The fourth-order valence-corrected chi connectivity index (χ4v) is 2.16. The summed E-state index contributed by atoms with van der Waals surface area (Å²) in [7, 11) is 2.15. The van der Waals surface area contributed by atoms with Crippen molar-refractivity contribution in [3.8, 4) is 0 Å². The molecule has 0 bridgehead atoms. The van der Waals surface area contributed by atoms with Crippen molar-refractivity contribution < 1.29 is 0 Å². The summed E-state index contributed by atoms with van der Waals surface area (Å²) in [6.07, 6.45) is 6.28. The van der Waals surface area contributed by atoms with E-state index in [1.54, 1.807) is 6.20 Å². The number of pyridine rings is 1. The number of anilines is 2. The molecule has 0 aliphatic heterocycles. The van der Waals surface area contributed by atoms with Crippen molar-refractivity contribution in [3.05, 3.63) is 30.6 Å². The lowest BCUT2D eigenvalue weighted by Crippen LogP contribution is -2.19. The molecule has 1 aromatic heterocycles. The third-order valence-electron chi connectivity index (χ3n) is 3.30. The quantitative estimate of drug-likeness (QED) is 0.779. The Bertz CT molecular complexity index is 532. The number of rotatable bonds is 2. The third kappa shape index (κ3) is 1.40. The third-order valence-corrected chi connectivity index (χ3v) is 3.30. The second-order valence-corrected chi connectivity index (χ2v) is 4.44. The summed E-state index contributed by atoms with van der Waals surface area (Å²) in [4.78, 5) is 6.53. The molecule has 1 aliphatic rings. The number of nitrogens with zero attached hydrogens (tertiary/aromatic N) is 2. The molecule has 82 valence electrons. The lowest BCUT2D eigenvalue weighted by molar-refractivity contribution is 0.922. The highest BCUT2D eigenvalue weighted by Gasteiger charge is 2.27. The number of hydrogen-bond acceptors (Lipinski definition) is 3. The van der Waals surface area contributed by atoms with E-state index < -0.39 is 0 Å². The van der Waals surface area contributed by atoms with Gasteiger partial charge < -0.3 is 10.6 Å². The van der Waals surface area contributed by atoms with Crippen LogP contribution >= 0.6 is 0 Å². The lowest BCUT2D eigenvalue weighted by atomic mass is 10.1. The minimum atomic E-state index is 0.701. The second-order valence-electron chi connectivity index (χ2n) is 4.44. The second kappa shape index (κ2) is 3.37. The Morgan fingerprint density at radius 3 is 2.81 bits per heavy atom. The fourth-order valence-electron chi connectivity index (χ4n) is 2.16. The van der Waals surface area contributed by atoms with E-state index in [2.05, 4.69) is 23.0 Å². The minimum absolute atomic E-state index is 0.701. The van der Waals surface area contributed by atoms with Gasteiger partial charge in [0.15, 0.2) is 0 Å². The van der Waals surface area contributed by atoms with Crippen molar-refractivity contribution in [1.82, 2.24) is 4.98 Å². The van der Waals surface area contributed by atoms with Gasteiger partial charge in [0.2, 0.25) is 0 Å². The zero-order valence-corrected chi connectivity index (χ0v) is 9.35. The van der Waals surface area contributed by atoms with Crippen LogP contribution in [0.15, 0.2) is 30.6 Å². The summed E-state index contributed by atoms with van der Waals surface area (Å²) in [5, 5.41) is 2.25. The molecule has 0 atom stereocenters. The first-order valence-corrected chi connectivity index (χ1v) is 5.62. The number of hydrogen-bond donors (Lipinski definition) is 1. The zero-order chi connectivity index (χ0) is 11.1. The standard InChI is InChI=1S/C13H15N3/c1-16(9-2-3-9)13-5-4-12(14)10-6-7-15-8-11(10)13/h4-9H,2-3,14H2,1H3. The van der Waals surface area contributed by atoms with Crippen molar-refractivity contribution in [2.75, 3.05) is 17.7 Å². The summed E-state index contributed by atoms with van der Waals surface area (Å²) in [5.41, 5.74) is 8.03. The topological polar surface area (TPSA) is 42.1 Å². The molecule has 1 aromatic carbocycles. The molecular weight excluding hydrogens is 198 g/mol. The number of nitrogens with two attached hydrogens (primary N) is 1. The van der Waals surface area contributed by atoms with Gasteiger partial charge in [0.25, 0.3) is 0 Å². The van der Waals surface area contributed by atoms with E-state index in [9.17, 15) is 0 Å². The Morgan fingerprint density at radius 1 is 1.25 bits per heavy atom.